The highest BCUT2D eigenvalue weighted by atomic mass is 16.3. The minimum Gasteiger partial charge on any atom is -0.508 e. The van der Waals surface area contributed by atoms with Crippen molar-refractivity contribution in [2.24, 2.45) is 5.10 Å². The second-order valence-electron chi connectivity index (χ2n) is 3.81. The molecule has 0 atom stereocenters. The third kappa shape index (κ3) is 3.32. The van der Waals surface area contributed by atoms with E-state index < -0.39 is 5.91 Å². The van der Waals surface area contributed by atoms with Gasteiger partial charge in [-0.15, -0.1) is 0 Å². The van der Waals surface area contributed by atoms with E-state index in [1.807, 2.05) is 0 Å². The van der Waals surface area contributed by atoms with Gasteiger partial charge >= 0.3 is 0 Å². The molecule has 19 heavy (non-hydrogen) atoms. The number of carbonyl (C=O) groups excluding carboxylic acids is 1. The van der Waals surface area contributed by atoms with Crippen LogP contribution >= 0.6 is 0 Å². The fraction of sp³-hybridized carbons (Fsp3) is 0. The number of carbonyl (C=O) groups is 1. The number of hydrazone groups is 1. The van der Waals surface area contributed by atoms with Crippen molar-refractivity contribution in [3.63, 3.8) is 0 Å². The molecule has 1 amide bonds. The summed E-state index contributed by atoms with van der Waals surface area (Å²) < 4.78 is 0. The highest BCUT2D eigenvalue weighted by Gasteiger charge is 2.04. The predicted octanol–water partition coefficient (Wildman–Crippen LogP) is 1.86. The minimum absolute atomic E-state index is 0.0114. The van der Waals surface area contributed by atoms with E-state index >= 15 is 0 Å². The Kier molecular flexibility index (Phi) is 3.78. The van der Waals surface area contributed by atoms with Crippen molar-refractivity contribution in [1.82, 2.24) is 5.43 Å². The Morgan fingerprint density at radius 3 is 2.63 bits per heavy atom. The van der Waals surface area contributed by atoms with Crippen molar-refractivity contribution in [3.8, 4) is 11.5 Å². The zero-order valence-corrected chi connectivity index (χ0v) is 9.95. The Labute approximate surface area is 109 Å². The molecule has 2 aromatic rings. The number of hydrogen-bond acceptors (Lipinski definition) is 4. The van der Waals surface area contributed by atoms with E-state index in [9.17, 15) is 15.0 Å². The molecule has 0 heterocycles. The first-order chi connectivity index (χ1) is 9.16. The summed E-state index contributed by atoms with van der Waals surface area (Å²) in [6.07, 6.45) is 1.34. The van der Waals surface area contributed by atoms with Crippen LogP contribution in [-0.2, 0) is 0 Å². The molecule has 0 radical (unpaired) electrons. The summed E-state index contributed by atoms with van der Waals surface area (Å²) in [4.78, 5) is 11.7. The Morgan fingerprint density at radius 2 is 1.89 bits per heavy atom. The molecule has 5 heteroatoms. The molecule has 2 rings (SSSR count). The topological polar surface area (TPSA) is 81.9 Å². The van der Waals surface area contributed by atoms with Crippen molar-refractivity contribution in [2.45, 2.75) is 0 Å². The molecular weight excluding hydrogens is 244 g/mol. The van der Waals surface area contributed by atoms with Crippen LogP contribution in [0, 0.1) is 0 Å². The quantitative estimate of drug-likeness (QED) is 0.579. The zero-order chi connectivity index (χ0) is 13.7. The second-order valence-corrected chi connectivity index (χ2v) is 3.81. The Morgan fingerprint density at radius 1 is 1.11 bits per heavy atom. The lowest BCUT2D eigenvalue weighted by molar-refractivity contribution is 0.0954. The number of hydrogen-bond donors (Lipinski definition) is 3. The fourth-order valence-corrected chi connectivity index (χ4v) is 1.47. The number of benzene rings is 2. The molecule has 0 fully saturated rings. The Balaban J connectivity index is 2.03. The molecule has 96 valence electrons. The summed E-state index contributed by atoms with van der Waals surface area (Å²) in [6, 6.07) is 12.6. The maximum Gasteiger partial charge on any atom is 0.271 e. The highest BCUT2D eigenvalue weighted by molar-refractivity contribution is 5.95. The summed E-state index contributed by atoms with van der Waals surface area (Å²) in [5.41, 5.74) is 3.11. The van der Waals surface area contributed by atoms with E-state index in [0.717, 1.165) is 0 Å². The molecule has 0 spiro atoms. The summed E-state index contributed by atoms with van der Waals surface area (Å²) >= 11 is 0. The number of nitrogens with zero attached hydrogens (tertiary/aromatic N) is 1. The van der Waals surface area contributed by atoms with Crippen LogP contribution in [0.5, 0.6) is 11.5 Å². The lowest BCUT2D eigenvalue weighted by Gasteiger charge is -2.00. The summed E-state index contributed by atoms with van der Waals surface area (Å²) in [6.45, 7) is 0. The van der Waals surface area contributed by atoms with Gasteiger partial charge in [-0.05, 0) is 30.3 Å². The van der Waals surface area contributed by atoms with Crippen molar-refractivity contribution < 1.29 is 15.0 Å². The number of amides is 1. The molecule has 0 saturated heterocycles. The number of para-hydroxylation sites is 1. The molecule has 3 N–H and O–H groups in total. The molecule has 0 aliphatic rings. The predicted molar refractivity (Wildman–Crippen MR) is 71.3 cm³/mol. The smallest absolute Gasteiger partial charge is 0.271 e. The largest absolute Gasteiger partial charge is 0.508 e. The summed E-state index contributed by atoms with van der Waals surface area (Å²) in [7, 11) is 0. The average molecular weight is 256 g/mol. The van der Waals surface area contributed by atoms with Gasteiger partial charge in [0.15, 0.2) is 0 Å². The number of phenols is 2. The third-order valence-corrected chi connectivity index (χ3v) is 2.41. The van der Waals surface area contributed by atoms with Crippen molar-refractivity contribution in [3.05, 3.63) is 59.7 Å². The van der Waals surface area contributed by atoms with Gasteiger partial charge in [0.05, 0.1) is 6.21 Å². The maximum atomic E-state index is 11.7. The number of rotatable bonds is 3. The van der Waals surface area contributed by atoms with Crippen LogP contribution in [0.4, 0.5) is 0 Å². The van der Waals surface area contributed by atoms with Gasteiger partial charge in [-0.25, -0.2) is 5.43 Å². The van der Waals surface area contributed by atoms with E-state index in [4.69, 9.17) is 0 Å². The van der Waals surface area contributed by atoms with E-state index in [1.165, 1.54) is 24.4 Å². The molecule has 0 aliphatic carbocycles. The number of nitrogens with one attached hydrogen (secondary N) is 1. The molecular formula is C14H12N2O3. The second kappa shape index (κ2) is 5.68. The van der Waals surface area contributed by atoms with Crippen LogP contribution in [0.15, 0.2) is 53.6 Å². The van der Waals surface area contributed by atoms with Crippen molar-refractivity contribution in [2.75, 3.05) is 0 Å². The summed E-state index contributed by atoms with van der Waals surface area (Å²) in [5, 5.41) is 22.5. The molecule has 0 saturated carbocycles. The first-order valence-corrected chi connectivity index (χ1v) is 5.57. The fourth-order valence-electron chi connectivity index (χ4n) is 1.47. The van der Waals surface area contributed by atoms with Gasteiger partial charge < -0.3 is 10.2 Å². The molecule has 0 unspecified atom stereocenters. The van der Waals surface area contributed by atoms with Gasteiger partial charge in [0, 0.05) is 11.1 Å². The number of phenolic OH excluding ortho intramolecular Hbond substituents is 2. The van der Waals surface area contributed by atoms with E-state index in [0.29, 0.717) is 11.1 Å². The van der Waals surface area contributed by atoms with Crippen molar-refractivity contribution >= 4 is 12.1 Å². The molecule has 2 aromatic carbocycles. The third-order valence-electron chi connectivity index (χ3n) is 2.41. The first-order valence-electron chi connectivity index (χ1n) is 5.57. The highest BCUT2D eigenvalue weighted by Crippen LogP contribution is 2.13. The van der Waals surface area contributed by atoms with Crippen LogP contribution in [0.3, 0.4) is 0 Å². The zero-order valence-electron chi connectivity index (χ0n) is 9.95. The van der Waals surface area contributed by atoms with E-state index in [-0.39, 0.29) is 11.5 Å². The Bertz CT molecular complexity index is 624. The van der Waals surface area contributed by atoms with Crippen LogP contribution in [0.1, 0.15) is 15.9 Å². The lowest BCUT2D eigenvalue weighted by atomic mass is 10.2. The van der Waals surface area contributed by atoms with Gasteiger partial charge in [-0.1, -0.05) is 18.2 Å². The van der Waals surface area contributed by atoms with Gasteiger partial charge in [0.2, 0.25) is 0 Å². The van der Waals surface area contributed by atoms with Gasteiger partial charge in [0.1, 0.15) is 11.5 Å². The van der Waals surface area contributed by atoms with E-state index in [2.05, 4.69) is 10.5 Å². The van der Waals surface area contributed by atoms with Crippen molar-refractivity contribution in [1.29, 1.82) is 0 Å². The average Bonchev–Trinajstić information content (AvgIpc) is 2.41. The van der Waals surface area contributed by atoms with E-state index in [1.54, 1.807) is 30.3 Å². The van der Waals surface area contributed by atoms with Gasteiger partial charge in [-0.3, -0.25) is 4.79 Å². The Hall–Kier alpha value is -2.82. The van der Waals surface area contributed by atoms with Crippen LogP contribution in [0.25, 0.3) is 0 Å². The molecule has 0 aromatic heterocycles. The van der Waals surface area contributed by atoms with Crippen LogP contribution in [-0.4, -0.2) is 22.3 Å². The normalized spacial score (nSPS) is 10.5. The molecule has 0 aliphatic heterocycles. The van der Waals surface area contributed by atoms with Gasteiger partial charge in [0.25, 0.3) is 5.91 Å². The number of aromatic hydroxyl groups is 2. The SMILES string of the molecule is O=C(N/N=C/c1ccccc1O)c1cccc(O)c1. The monoisotopic (exact) mass is 256 g/mol. The maximum absolute atomic E-state index is 11.7. The van der Waals surface area contributed by atoms with Gasteiger partial charge in [-0.2, -0.15) is 5.10 Å². The molecule has 5 nitrogen and oxygen atoms in total. The molecule has 0 bridgehead atoms. The summed E-state index contributed by atoms with van der Waals surface area (Å²) in [5.74, 6) is -0.349. The van der Waals surface area contributed by atoms with Crippen LogP contribution in [0.2, 0.25) is 0 Å². The van der Waals surface area contributed by atoms with Crippen LogP contribution < -0.4 is 5.43 Å². The standard InChI is InChI=1S/C14H12N2O3/c17-12-6-3-5-10(8-12)14(19)16-15-9-11-4-1-2-7-13(11)18/h1-9,17-18H,(H,16,19)/b15-9+. The minimum atomic E-state index is -0.442. The lowest BCUT2D eigenvalue weighted by Crippen LogP contribution is -2.17. The first kappa shape index (κ1) is 12.6.